The minimum atomic E-state index is -1.00. The number of likely N-dealkylation sites (N-methyl/N-ethyl adjacent to an activating group) is 1. The molecule has 5 heteroatoms. The van der Waals surface area contributed by atoms with E-state index in [-0.39, 0.29) is 11.2 Å². The molecule has 0 heterocycles. The first kappa shape index (κ1) is 9.90. The number of hydrogen-bond acceptors (Lipinski definition) is 3. The molecule has 0 spiro atoms. The Morgan fingerprint density at radius 2 is 1.91 bits per heavy atom. The van der Waals surface area contributed by atoms with E-state index in [1.807, 2.05) is 0 Å². The van der Waals surface area contributed by atoms with Crippen molar-refractivity contribution in [2.75, 3.05) is 20.6 Å². The minimum Gasteiger partial charge on any atom is -0.477 e. The summed E-state index contributed by atoms with van der Waals surface area (Å²) >= 11 is 0. The molecule has 0 radical (unpaired) electrons. The summed E-state index contributed by atoms with van der Waals surface area (Å²) in [7, 11) is 2.99. The summed E-state index contributed by atoms with van der Waals surface area (Å²) in [5.41, 5.74) is 0. The zero-order valence-electron chi connectivity index (χ0n) is 6.83. The highest BCUT2D eigenvalue weighted by Gasteiger charge is 2.23. The number of hydrogen-bond donors (Lipinski definition) is 1. The number of rotatable bonds is 3. The Kier molecular flexibility index (Phi) is 3.00. The fraction of sp³-hybridized carbons (Fsp3) is 0.667. The highest BCUT2D eigenvalue weighted by atomic mass is 16.7. The van der Waals surface area contributed by atoms with E-state index in [1.54, 1.807) is 0 Å². The maximum Gasteiger partial charge on any atom is 0.363 e. The molecule has 0 bridgehead atoms. The third-order valence-electron chi connectivity index (χ3n) is 0.892. The van der Waals surface area contributed by atoms with Gasteiger partial charge in [0.1, 0.15) is 14.1 Å². The lowest BCUT2D eigenvalue weighted by Gasteiger charge is -2.22. The van der Waals surface area contributed by atoms with Crippen LogP contribution in [-0.4, -0.2) is 42.3 Å². The lowest BCUT2D eigenvalue weighted by Crippen LogP contribution is -2.44. The molecule has 1 N–H and O–H groups in total. The van der Waals surface area contributed by atoms with Gasteiger partial charge in [-0.25, -0.2) is 9.59 Å². The molecule has 64 valence electrons. The molecule has 0 aromatic heterocycles. The molecule has 0 aliphatic carbocycles. The van der Waals surface area contributed by atoms with Gasteiger partial charge in [-0.1, -0.05) is 0 Å². The van der Waals surface area contributed by atoms with Crippen LogP contribution in [0.4, 0.5) is 0 Å². The molecule has 0 atom stereocenters. The van der Waals surface area contributed by atoms with Gasteiger partial charge in [0.05, 0.1) is 0 Å². The van der Waals surface area contributed by atoms with Gasteiger partial charge in [0.2, 0.25) is 6.54 Å². The van der Waals surface area contributed by atoms with Crippen LogP contribution >= 0.6 is 0 Å². The Bertz CT molecular complexity index is 157. The van der Waals surface area contributed by atoms with Crippen LogP contribution in [-0.2, 0) is 14.4 Å². The molecule has 0 fully saturated rings. The number of carboxylic acids is 1. The van der Waals surface area contributed by atoms with Crippen LogP contribution in [0.25, 0.3) is 0 Å². The van der Waals surface area contributed by atoms with Gasteiger partial charge in [-0.05, 0) is 0 Å². The first-order valence-electron chi connectivity index (χ1n) is 3.08. The maximum atomic E-state index is 10.4. The van der Waals surface area contributed by atoms with Crippen molar-refractivity contribution in [1.29, 1.82) is 0 Å². The first-order valence-corrected chi connectivity index (χ1v) is 3.08. The number of carbonyl (C=O) groups is 2. The van der Waals surface area contributed by atoms with Crippen molar-refractivity contribution in [3.05, 3.63) is 0 Å². The fourth-order valence-corrected chi connectivity index (χ4v) is 0.706. The Morgan fingerprint density at radius 3 is 2.18 bits per heavy atom. The van der Waals surface area contributed by atoms with Gasteiger partial charge in [-0.15, -0.1) is 4.65 Å². The number of hydroxylamine groups is 3. The SMILES string of the molecule is CC(=O)O[N+](C)(C)CC(=O)O. The zero-order chi connectivity index (χ0) is 9.07. The van der Waals surface area contributed by atoms with Crippen molar-refractivity contribution < 1.29 is 24.2 Å². The summed E-state index contributed by atoms with van der Waals surface area (Å²) in [6.45, 7) is 1.00. The molecule has 0 aromatic carbocycles. The molecule has 0 amide bonds. The molecule has 0 unspecified atom stereocenters. The minimum absolute atomic E-state index is 0.237. The van der Waals surface area contributed by atoms with Crippen LogP contribution < -0.4 is 0 Å². The summed E-state index contributed by atoms with van der Waals surface area (Å²) in [5.74, 6) is -1.49. The van der Waals surface area contributed by atoms with Crippen molar-refractivity contribution in [1.82, 2.24) is 0 Å². The summed E-state index contributed by atoms with van der Waals surface area (Å²) in [6, 6.07) is 0. The van der Waals surface area contributed by atoms with Crippen LogP contribution in [0, 0.1) is 0 Å². The van der Waals surface area contributed by atoms with Gasteiger partial charge in [-0.2, -0.15) is 0 Å². The predicted molar refractivity (Wildman–Crippen MR) is 36.4 cm³/mol. The number of aliphatic carboxylic acids is 1. The second-order valence-electron chi connectivity index (χ2n) is 2.71. The Hall–Kier alpha value is -1.10. The third-order valence-corrected chi connectivity index (χ3v) is 0.892. The average molecular weight is 162 g/mol. The van der Waals surface area contributed by atoms with Gasteiger partial charge >= 0.3 is 11.9 Å². The molecular formula is C6H12NO4+. The number of quaternary nitrogens is 1. The van der Waals surface area contributed by atoms with E-state index in [0.717, 1.165) is 0 Å². The summed E-state index contributed by atoms with van der Waals surface area (Å²) < 4.78 is -0.287. The van der Waals surface area contributed by atoms with Gasteiger partial charge < -0.3 is 5.11 Å². The zero-order valence-corrected chi connectivity index (χ0v) is 6.83. The van der Waals surface area contributed by atoms with Crippen molar-refractivity contribution >= 4 is 11.9 Å². The number of nitrogens with zero attached hydrogens (tertiary/aromatic N) is 1. The largest absolute Gasteiger partial charge is 0.477 e. The summed E-state index contributed by atoms with van der Waals surface area (Å²) in [6.07, 6.45) is 0. The second kappa shape index (κ2) is 3.34. The smallest absolute Gasteiger partial charge is 0.363 e. The molecule has 11 heavy (non-hydrogen) atoms. The summed E-state index contributed by atoms with van der Waals surface area (Å²) in [5, 5.41) is 8.36. The second-order valence-corrected chi connectivity index (χ2v) is 2.71. The van der Waals surface area contributed by atoms with Gasteiger partial charge in [0, 0.05) is 6.92 Å². The molecular weight excluding hydrogens is 150 g/mol. The topological polar surface area (TPSA) is 63.6 Å². The molecule has 0 aromatic rings. The molecule has 5 nitrogen and oxygen atoms in total. The standard InChI is InChI=1S/C6H11NO4/c1-5(8)11-7(2,3)4-6(9)10/h4H2,1-3H3/p+1. The lowest BCUT2D eigenvalue weighted by molar-refractivity contribution is -1.05. The van der Waals surface area contributed by atoms with E-state index >= 15 is 0 Å². The average Bonchev–Trinajstić information content (AvgIpc) is 1.53. The van der Waals surface area contributed by atoms with Crippen LogP contribution in [0.5, 0.6) is 0 Å². The van der Waals surface area contributed by atoms with E-state index in [1.165, 1.54) is 21.0 Å². The van der Waals surface area contributed by atoms with Gasteiger partial charge in [-0.3, -0.25) is 4.84 Å². The highest BCUT2D eigenvalue weighted by molar-refractivity contribution is 5.68. The van der Waals surface area contributed by atoms with Crippen LogP contribution in [0.2, 0.25) is 0 Å². The highest BCUT2D eigenvalue weighted by Crippen LogP contribution is 1.97. The lowest BCUT2D eigenvalue weighted by atomic mass is 10.6. The fourth-order valence-electron chi connectivity index (χ4n) is 0.706. The Labute approximate surface area is 64.7 Å². The monoisotopic (exact) mass is 162 g/mol. The summed E-state index contributed by atoms with van der Waals surface area (Å²) in [4.78, 5) is 25.3. The van der Waals surface area contributed by atoms with E-state index in [9.17, 15) is 9.59 Å². The predicted octanol–water partition coefficient (Wildman–Crippen LogP) is -0.375. The third kappa shape index (κ3) is 5.35. The molecule has 0 aliphatic rings. The van der Waals surface area contributed by atoms with E-state index in [4.69, 9.17) is 5.11 Å². The van der Waals surface area contributed by atoms with Crippen molar-refractivity contribution in [2.24, 2.45) is 0 Å². The van der Waals surface area contributed by atoms with Crippen molar-refractivity contribution in [3.8, 4) is 0 Å². The Balaban J connectivity index is 3.99. The first-order chi connectivity index (χ1) is 4.83. The van der Waals surface area contributed by atoms with Crippen LogP contribution in [0.15, 0.2) is 0 Å². The maximum absolute atomic E-state index is 10.4. The van der Waals surface area contributed by atoms with Crippen LogP contribution in [0.3, 0.4) is 0 Å². The van der Waals surface area contributed by atoms with E-state index in [2.05, 4.69) is 4.84 Å². The quantitative estimate of drug-likeness (QED) is 0.454. The van der Waals surface area contributed by atoms with Gasteiger partial charge in [0.15, 0.2) is 0 Å². The van der Waals surface area contributed by atoms with E-state index in [0.29, 0.717) is 0 Å². The molecule has 0 rings (SSSR count). The molecule has 0 aliphatic heterocycles. The van der Waals surface area contributed by atoms with Crippen LogP contribution in [0.1, 0.15) is 6.92 Å². The normalized spacial score (nSPS) is 10.8. The molecule has 0 saturated carbocycles. The van der Waals surface area contributed by atoms with Crippen molar-refractivity contribution in [2.45, 2.75) is 6.92 Å². The number of carboxylic acid groups (broad SMARTS) is 1. The van der Waals surface area contributed by atoms with E-state index < -0.39 is 11.9 Å². The number of carbonyl (C=O) groups excluding carboxylic acids is 1. The van der Waals surface area contributed by atoms with Gasteiger partial charge in [0.25, 0.3) is 0 Å². The Morgan fingerprint density at radius 1 is 1.45 bits per heavy atom. The molecule has 0 saturated heterocycles. The van der Waals surface area contributed by atoms with Crippen molar-refractivity contribution in [3.63, 3.8) is 0 Å².